The molecule has 0 aliphatic rings. The van der Waals surface area contributed by atoms with E-state index in [2.05, 4.69) is 31.9 Å². The third-order valence-corrected chi connectivity index (χ3v) is 5.28. The van der Waals surface area contributed by atoms with E-state index in [-0.39, 0.29) is 5.78 Å². The van der Waals surface area contributed by atoms with E-state index < -0.39 is 0 Å². The molecule has 0 bridgehead atoms. The summed E-state index contributed by atoms with van der Waals surface area (Å²) in [7, 11) is 0. The van der Waals surface area contributed by atoms with E-state index in [1.165, 1.54) is 11.3 Å². The molecule has 0 N–H and O–H groups in total. The van der Waals surface area contributed by atoms with Gasteiger partial charge in [-0.1, -0.05) is 11.6 Å². The number of hydrogen-bond donors (Lipinski definition) is 0. The molecule has 1 aromatic carbocycles. The number of carbonyl (C=O) groups is 1. The quantitative estimate of drug-likeness (QED) is 0.618. The van der Waals surface area contributed by atoms with Gasteiger partial charge in [0.25, 0.3) is 0 Å². The average Bonchev–Trinajstić information content (AvgIpc) is 2.58. The van der Waals surface area contributed by atoms with Crippen molar-refractivity contribution in [3.05, 3.63) is 53.6 Å². The zero-order valence-electron chi connectivity index (χ0n) is 8.76. The van der Waals surface area contributed by atoms with E-state index in [9.17, 15) is 4.79 Å². The molecular formula is C12H7Br2ClOS. The fraction of sp³-hybridized carbons (Fsp3) is 0.0833. The second-order valence-corrected chi connectivity index (χ2v) is 7.18. The van der Waals surface area contributed by atoms with Gasteiger partial charge >= 0.3 is 0 Å². The van der Waals surface area contributed by atoms with Crippen LogP contribution in [0.5, 0.6) is 0 Å². The molecule has 1 heterocycles. The molecular weight excluding hydrogens is 387 g/mol. The van der Waals surface area contributed by atoms with Crippen molar-refractivity contribution in [3.8, 4) is 0 Å². The Labute approximate surface area is 125 Å². The highest BCUT2D eigenvalue weighted by Gasteiger charge is 2.16. The minimum Gasteiger partial charge on any atom is -0.288 e. The highest BCUT2D eigenvalue weighted by atomic mass is 79.9. The van der Waals surface area contributed by atoms with Gasteiger partial charge in [-0.2, -0.15) is 0 Å². The summed E-state index contributed by atoms with van der Waals surface area (Å²) in [6.45, 7) is 1.97. The second-order valence-electron chi connectivity index (χ2n) is 3.52. The van der Waals surface area contributed by atoms with Gasteiger partial charge in [-0.25, -0.2) is 0 Å². The lowest BCUT2D eigenvalue weighted by molar-refractivity contribution is 0.104. The minimum atomic E-state index is 0.00680. The van der Waals surface area contributed by atoms with E-state index in [0.29, 0.717) is 10.6 Å². The molecule has 17 heavy (non-hydrogen) atoms. The number of thiophene rings is 1. The lowest BCUT2D eigenvalue weighted by atomic mass is 10.1. The molecule has 0 spiro atoms. The Morgan fingerprint density at radius 3 is 2.53 bits per heavy atom. The maximum Gasteiger partial charge on any atom is 0.204 e. The summed E-state index contributed by atoms with van der Waals surface area (Å²) in [5, 5.41) is 0.608. The molecule has 0 unspecified atom stereocenters. The van der Waals surface area contributed by atoms with Crippen LogP contribution in [0.4, 0.5) is 0 Å². The highest BCUT2D eigenvalue weighted by molar-refractivity contribution is 9.11. The van der Waals surface area contributed by atoms with Crippen molar-refractivity contribution >= 4 is 60.6 Å². The van der Waals surface area contributed by atoms with Crippen molar-refractivity contribution in [2.75, 3.05) is 0 Å². The van der Waals surface area contributed by atoms with Gasteiger partial charge in [0.2, 0.25) is 5.78 Å². The van der Waals surface area contributed by atoms with Crippen LogP contribution < -0.4 is 0 Å². The molecule has 0 saturated carbocycles. The summed E-state index contributed by atoms with van der Waals surface area (Å²) in [6, 6.07) is 7.06. The minimum absolute atomic E-state index is 0.00680. The van der Waals surface area contributed by atoms with Crippen molar-refractivity contribution in [1.82, 2.24) is 0 Å². The van der Waals surface area contributed by atoms with Crippen LogP contribution in [0.15, 0.2) is 32.5 Å². The summed E-state index contributed by atoms with van der Waals surface area (Å²) in [5.74, 6) is 0.00680. The first kappa shape index (κ1) is 13.3. The summed E-state index contributed by atoms with van der Waals surface area (Å²) in [4.78, 5) is 13.0. The van der Waals surface area contributed by atoms with Crippen LogP contribution in [-0.4, -0.2) is 5.78 Å². The van der Waals surface area contributed by atoms with Gasteiger partial charge in [0.05, 0.1) is 8.66 Å². The fourth-order valence-electron chi connectivity index (χ4n) is 1.38. The summed E-state index contributed by atoms with van der Waals surface area (Å²) < 4.78 is 1.71. The van der Waals surface area contributed by atoms with Crippen LogP contribution >= 0.6 is 54.8 Å². The second kappa shape index (κ2) is 5.22. The zero-order chi connectivity index (χ0) is 12.6. The molecule has 2 aromatic rings. The Morgan fingerprint density at radius 1 is 1.29 bits per heavy atom. The first-order valence-corrected chi connectivity index (χ1v) is 7.53. The third-order valence-electron chi connectivity index (χ3n) is 2.26. The van der Waals surface area contributed by atoms with Gasteiger partial charge in [-0.15, -0.1) is 11.3 Å². The highest BCUT2D eigenvalue weighted by Crippen LogP contribution is 2.31. The maximum absolute atomic E-state index is 12.3. The Hall–Kier alpha value is -0.160. The van der Waals surface area contributed by atoms with Gasteiger partial charge in [-0.05, 0) is 68.6 Å². The van der Waals surface area contributed by atoms with Crippen molar-refractivity contribution < 1.29 is 4.79 Å². The van der Waals surface area contributed by atoms with Crippen molar-refractivity contribution in [3.63, 3.8) is 0 Å². The first-order chi connectivity index (χ1) is 7.99. The van der Waals surface area contributed by atoms with E-state index in [1.807, 2.05) is 13.0 Å². The van der Waals surface area contributed by atoms with E-state index in [4.69, 9.17) is 11.6 Å². The van der Waals surface area contributed by atoms with Crippen LogP contribution in [0.3, 0.4) is 0 Å². The lowest BCUT2D eigenvalue weighted by Gasteiger charge is -2.02. The molecule has 0 atom stereocenters. The standard InChI is InChI=1S/C12H7Br2ClOS/c1-6-4-10(17-12(6)14)11(16)8-3-2-7(15)5-9(8)13/h2-5H,1H3. The summed E-state index contributed by atoms with van der Waals surface area (Å²) in [6.07, 6.45) is 0. The molecule has 2 rings (SSSR count). The predicted molar refractivity (Wildman–Crippen MR) is 79.3 cm³/mol. The smallest absolute Gasteiger partial charge is 0.204 e. The monoisotopic (exact) mass is 392 g/mol. The largest absolute Gasteiger partial charge is 0.288 e. The van der Waals surface area contributed by atoms with Crippen LogP contribution in [-0.2, 0) is 0 Å². The number of aryl methyl sites for hydroxylation is 1. The molecule has 0 fully saturated rings. The number of benzene rings is 1. The number of carbonyl (C=O) groups excluding carboxylic acids is 1. The van der Waals surface area contributed by atoms with E-state index in [0.717, 1.165) is 18.7 Å². The Kier molecular flexibility index (Phi) is 4.08. The van der Waals surface area contributed by atoms with E-state index in [1.54, 1.807) is 18.2 Å². The van der Waals surface area contributed by atoms with Crippen molar-refractivity contribution in [1.29, 1.82) is 0 Å². The molecule has 0 amide bonds. The number of ketones is 1. The SMILES string of the molecule is Cc1cc(C(=O)c2ccc(Cl)cc2Br)sc1Br. The van der Waals surface area contributed by atoms with Gasteiger partial charge in [0.15, 0.2) is 0 Å². The predicted octanol–water partition coefficient (Wildman–Crippen LogP) is 5.47. The molecule has 88 valence electrons. The fourth-order valence-corrected chi connectivity index (χ4v) is 3.73. The van der Waals surface area contributed by atoms with Crippen LogP contribution in [0.2, 0.25) is 5.02 Å². The van der Waals surface area contributed by atoms with Crippen LogP contribution in [0.25, 0.3) is 0 Å². The topological polar surface area (TPSA) is 17.1 Å². The average molecular weight is 395 g/mol. The Bertz CT molecular complexity index is 573. The number of halogens is 3. The van der Waals surface area contributed by atoms with Crippen LogP contribution in [0, 0.1) is 6.92 Å². The van der Waals surface area contributed by atoms with Crippen molar-refractivity contribution in [2.45, 2.75) is 6.92 Å². The Morgan fingerprint density at radius 2 is 2.00 bits per heavy atom. The number of hydrogen-bond acceptors (Lipinski definition) is 2. The van der Waals surface area contributed by atoms with E-state index >= 15 is 0 Å². The van der Waals surface area contributed by atoms with Crippen molar-refractivity contribution in [2.24, 2.45) is 0 Å². The zero-order valence-corrected chi connectivity index (χ0v) is 13.5. The van der Waals surface area contributed by atoms with Gasteiger partial charge in [0, 0.05) is 15.1 Å². The molecule has 0 aliphatic heterocycles. The molecule has 0 aliphatic carbocycles. The first-order valence-electron chi connectivity index (χ1n) is 4.74. The molecule has 0 radical (unpaired) electrons. The summed E-state index contributed by atoms with van der Waals surface area (Å²) in [5.41, 5.74) is 1.70. The van der Waals surface area contributed by atoms with Gasteiger partial charge in [0.1, 0.15) is 0 Å². The third kappa shape index (κ3) is 2.81. The Balaban J connectivity index is 2.43. The molecule has 1 nitrogen and oxygen atoms in total. The summed E-state index contributed by atoms with van der Waals surface area (Å²) >= 11 is 14.1. The molecule has 5 heteroatoms. The molecule has 1 aromatic heterocycles. The normalized spacial score (nSPS) is 10.6. The molecule has 0 saturated heterocycles. The van der Waals surface area contributed by atoms with Gasteiger partial charge in [-0.3, -0.25) is 4.79 Å². The van der Waals surface area contributed by atoms with Crippen LogP contribution in [0.1, 0.15) is 20.8 Å². The lowest BCUT2D eigenvalue weighted by Crippen LogP contribution is -1.99. The van der Waals surface area contributed by atoms with Gasteiger partial charge < -0.3 is 0 Å². The number of rotatable bonds is 2. The maximum atomic E-state index is 12.3.